The lowest BCUT2D eigenvalue weighted by molar-refractivity contribution is 0.0615. The quantitative estimate of drug-likeness (QED) is 0.508. The van der Waals surface area contributed by atoms with Crippen LogP contribution in [0.25, 0.3) is 0 Å². The average Bonchev–Trinajstić information content (AvgIpc) is 1.59. The van der Waals surface area contributed by atoms with Crippen molar-refractivity contribution in [3.8, 4) is 0 Å². The number of rotatable bonds is 1. The van der Waals surface area contributed by atoms with Crippen LogP contribution in [0, 0.1) is 17.2 Å². The lowest BCUT2D eigenvalue weighted by atomic mass is 9.61. The van der Waals surface area contributed by atoms with E-state index < -0.39 is 0 Å². The Bertz CT molecular complexity index is 128. The second-order valence-electron chi connectivity index (χ2n) is 4.33. The first-order valence-electron chi connectivity index (χ1n) is 4.36. The van der Waals surface area contributed by atoms with Gasteiger partial charge >= 0.3 is 0 Å². The molecule has 0 heteroatoms. The van der Waals surface area contributed by atoms with Crippen LogP contribution >= 0.6 is 0 Å². The zero-order chi connectivity index (χ0) is 7.99. The zero-order valence-corrected chi connectivity index (χ0v) is 6.99. The molecule has 1 fully saturated rings. The highest BCUT2D eigenvalue weighted by Gasteiger charge is 2.37. The lowest BCUT2D eigenvalue weighted by Gasteiger charge is -2.45. The molecule has 1 saturated carbocycles. The Kier molecular flexibility index (Phi) is 1.28. The molecule has 0 aromatic rings. The van der Waals surface area contributed by atoms with Gasteiger partial charge in [-0.25, -0.2) is 0 Å². The van der Waals surface area contributed by atoms with Gasteiger partial charge in [-0.2, -0.15) is 0 Å². The summed E-state index contributed by atoms with van der Waals surface area (Å²) in [5.41, 5.74) is 0.450. The highest BCUT2D eigenvalue weighted by atomic mass is 14.4. The minimum Gasteiger partial charge on any atom is -0.0625 e. The molecule has 1 rings (SSSR count). The van der Waals surface area contributed by atoms with E-state index in [1.54, 1.807) is 0 Å². The van der Waals surface area contributed by atoms with E-state index in [1.807, 2.05) is 0 Å². The van der Waals surface area contributed by atoms with E-state index in [2.05, 4.69) is 27.7 Å². The van der Waals surface area contributed by atoms with E-state index >= 15 is 0 Å². The molecule has 0 saturated heterocycles. The Morgan fingerprint density at radius 2 is 1.89 bits per heavy atom. The van der Waals surface area contributed by atoms with Crippen molar-refractivity contribution in [2.24, 2.45) is 17.2 Å². The predicted octanol–water partition coefficient (Wildman–Crippen LogP) is 3.08. The summed E-state index contributed by atoms with van der Waals surface area (Å²) < 4.78 is 7.97. The summed E-state index contributed by atoms with van der Waals surface area (Å²) in [5.74, 6) is 0.435. The van der Waals surface area contributed by atoms with Crippen molar-refractivity contribution >= 4 is 0 Å². The van der Waals surface area contributed by atoms with Gasteiger partial charge in [0.25, 0.3) is 0 Å². The lowest BCUT2D eigenvalue weighted by Crippen LogP contribution is -2.34. The fraction of sp³-hybridized carbons (Fsp3) is 1.00. The largest absolute Gasteiger partial charge is 0.0625 e. The normalized spacial score (nSPS) is 31.4. The fourth-order valence-electron chi connectivity index (χ4n) is 1.59. The number of hydrogen-bond acceptors (Lipinski definition) is 0. The van der Waals surface area contributed by atoms with E-state index in [-0.39, 0.29) is 5.89 Å². The van der Waals surface area contributed by atoms with Gasteiger partial charge in [0.15, 0.2) is 0 Å². The van der Waals surface area contributed by atoms with Crippen molar-refractivity contribution in [1.82, 2.24) is 0 Å². The van der Waals surface area contributed by atoms with Gasteiger partial charge < -0.3 is 0 Å². The third-order valence-electron chi connectivity index (χ3n) is 2.23. The first-order valence-corrected chi connectivity index (χ1v) is 3.86. The summed E-state index contributed by atoms with van der Waals surface area (Å²) in [6, 6.07) is 0. The Labute approximate surface area is 60.1 Å². The van der Waals surface area contributed by atoms with E-state index in [0.717, 1.165) is 12.8 Å². The Morgan fingerprint density at radius 1 is 1.44 bits per heavy atom. The monoisotopic (exact) mass is 127 g/mol. The van der Waals surface area contributed by atoms with E-state index in [4.69, 9.17) is 1.37 Å². The van der Waals surface area contributed by atoms with Crippen LogP contribution in [-0.2, 0) is 0 Å². The van der Waals surface area contributed by atoms with Gasteiger partial charge in [0.05, 0.1) is 0 Å². The summed E-state index contributed by atoms with van der Waals surface area (Å²) in [6.45, 7) is 8.81. The van der Waals surface area contributed by atoms with Crippen LogP contribution in [0.15, 0.2) is 0 Å². The molecule has 0 bridgehead atoms. The molecule has 0 heterocycles. The van der Waals surface area contributed by atoms with E-state index in [1.165, 1.54) is 0 Å². The third kappa shape index (κ3) is 1.47. The SMILES string of the molecule is [2H]C1(C(C)C)CC(C)(C)C1. The summed E-state index contributed by atoms with van der Waals surface area (Å²) >= 11 is 0. The molecule has 0 spiro atoms. The van der Waals surface area contributed by atoms with Crippen LogP contribution in [0.5, 0.6) is 0 Å². The molecule has 0 aliphatic heterocycles. The molecule has 0 radical (unpaired) electrons. The van der Waals surface area contributed by atoms with E-state index in [0.29, 0.717) is 11.3 Å². The van der Waals surface area contributed by atoms with Gasteiger partial charge in [-0.1, -0.05) is 27.7 Å². The maximum atomic E-state index is 7.97. The highest BCUT2D eigenvalue weighted by molar-refractivity contribution is 4.87. The molecule has 1 aliphatic carbocycles. The maximum absolute atomic E-state index is 7.97. The Balaban J connectivity index is 2.50. The molecular weight excluding hydrogens is 108 g/mol. The van der Waals surface area contributed by atoms with Crippen molar-refractivity contribution in [3.63, 3.8) is 0 Å². The van der Waals surface area contributed by atoms with Crippen LogP contribution in [0.2, 0.25) is 0 Å². The molecular formula is C9H18. The molecule has 0 amide bonds. The van der Waals surface area contributed by atoms with Crippen molar-refractivity contribution in [1.29, 1.82) is 0 Å². The topological polar surface area (TPSA) is 0 Å². The molecule has 0 nitrogen and oxygen atoms in total. The molecule has 0 N–H and O–H groups in total. The van der Waals surface area contributed by atoms with Crippen LogP contribution in [-0.4, -0.2) is 0 Å². The standard InChI is InChI=1S/C9H18/c1-7(2)8-5-9(3,4)6-8/h7-8H,5-6H2,1-4H3/i8D. The second kappa shape index (κ2) is 2.00. The fourth-order valence-corrected chi connectivity index (χ4v) is 1.59. The van der Waals surface area contributed by atoms with Gasteiger partial charge in [-0.05, 0) is 30.1 Å². The van der Waals surface area contributed by atoms with Gasteiger partial charge in [0.2, 0.25) is 0 Å². The van der Waals surface area contributed by atoms with Crippen LogP contribution in [0.4, 0.5) is 0 Å². The summed E-state index contributed by atoms with van der Waals surface area (Å²) in [6.07, 6.45) is 2.16. The molecule has 0 atom stereocenters. The van der Waals surface area contributed by atoms with Gasteiger partial charge in [0, 0.05) is 1.37 Å². The summed E-state index contributed by atoms with van der Waals surface area (Å²) in [7, 11) is 0. The minimum atomic E-state index is -0.0937. The van der Waals surface area contributed by atoms with Crippen molar-refractivity contribution < 1.29 is 1.37 Å². The van der Waals surface area contributed by atoms with E-state index in [9.17, 15) is 0 Å². The second-order valence-corrected chi connectivity index (χ2v) is 4.33. The molecule has 0 aromatic heterocycles. The van der Waals surface area contributed by atoms with Crippen LogP contribution < -0.4 is 0 Å². The Morgan fingerprint density at radius 3 is 2.00 bits per heavy atom. The smallest absolute Gasteiger partial charge is 0.0306 e. The first kappa shape index (κ1) is 5.76. The molecule has 54 valence electrons. The van der Waals surface area contributed by atoms with Gasteiger partial charge in [-0.15, -0.1) is 0 Å². The summed E-state index contributed by atoms with van der Waals surface area (Å²) in [5, 5.41) is 0. The highest BCUT2D eigenvalue weighted by Crippen LogP contribution is 2.47. The maximum Gasteiger partial charge on any atom is 0.0306 e. The average molecular weight is 127 g/mol. The predicted molar refractivity (Wildman–Crippen MR) is 41.3 cm³/mol. The van der Waals surface area contributed by atoms with Crippen LogP contribution in [0.3, 0.4) is 0 Å². The van der Waals surface area contributed by atoms with Crippen molar-refractivity contribution in [2.75, 3.05) is 0 Å². The molecule has 0 aromatic carbocycles. The van der Waals surface area contributed by atoms with Crippen molar-refractivity contribution in [3.05, 3.63) is 0 Å². The molecule has 0 unspecified atom stereocenters. The van der Waals surface area contributed by atoms with Gasteiger partial charge in [-0.3, -0.25) is 0 Å². The minimum absolute atomic E-state index is 0.0937. The molecule has 9 heavy (non-hydrogen) atoms. The molecule has 1 aliphatic rings. The Hall–Kier alpha value is 0. The van der Waals surface area contributed by atoms with Crippen LogP contribution in [0.1, 0.15) is 41.9 Å². The summed E-state index contributed by atoms with van der Waals surface area (Å²) in [4.78, 5) is 0. The number of hydrogen-bond donors (Lipinski definition) is 0. The third-order valence-corrected chi connectivity index (χ3v) is 2.23. The van der Waals surface area contributed by atoms with Gasteiger partial charge in [0.1, 0.15) is 0 Å². The van der Waals surface area contributed by atoms with Crippen molar-refractivity contribution in [2.45, 2.75) is 40.5 Å². The zero-order valence-electron chi connectivity index (χ0n) is 7.99. The first-order chi connectivity index (χ1) is 4.36.